The summed E-state index contributed by atoms with van der Waals surface area (Å²) in [5.74, 6) is -0.0949. The smallest absolute Gasteiger partial charge is 0.344 e. The maximum atomic E-state index is 11.8. The van der Waals surface area contributed by atoms with Crippen molar-refractivity contribution in [3.05, 3.63) is 59.1 Å². The fourth-order valence-electron chi connectivity index (χ4n) is 2.03. The quantitative estimate of drug-likeness (QED) is 0.756. The Hall–Kier alpha value is -2.53. The Kier molecular flexibility index (Phi) is 6.83. The van der Waals surface area contributed by atoms with E-state index < -0.39 is 18.5 Å². The first kappa shape index (κ1) is 18.8. The maximum absolute atomic E-state index is 11.8. The number of para-hydroxylation sites is 1. The SMILES string of the molecule is CC(C)c1ccc(OCC(=O)OCC(=O)Nc2ccccc2Cl)cc1. The van der Waals surface area contributed by atoms with Crippen LogP contribution in [0.1, 0.15) is 25.3 Å². The third kappa shape index (κ3) is 6.12. The second-order valence-corrected chi connectivity index (χ2v) is 6.11. The van der Waals surface area contributed by atoms with Crippen molar-refractivity contribution in [1.82, 2.24) is 0 Å². The zero-order chi connectivity index (χ0) is 18.2. The van der Waals surface area contributed by atoms with Gasteiger partial charge < -0.3 is 14.8 Å². The van der Waals surface area contributed by atoms with Crippen LogP contribution in [0.5, 0.6) is 5.75 Å². The van der Waals surface area contributed by atoms with Gasteiger partial charge >= 0.3 is 5.97 Å². The van der Waals surface area contributed by atoms with Crippen LogP contribution in [-0.4, -0.2) is 25.1 Å². The van der Waals surface area contributed by atoms with Crippen LogP contribution in [0.2, 0.25) is 5.02 Å². The van der Waals surface area contributed by atoms with Crippen LogP contribution in [0.3, 0.4) is 0 Å². The normalized spacial score (nSPS) is 10.4. The minimum Gasteiger partial charge on any atom is -0.482 e. The molecule has 0 fully saturated rings. The molecule has 6 heteroatoms. The van der Waals surface area contributed by atoms with Crippen molar-refractivity contribution >= 4 is 29.2 Å². The van der Waals surface area contributed by atoms with Gasteiger partial charge in [-0.3, -0.25) is 4.79 Å². The van der Waals surface area contributed by atoms with E-state index >= 15 is 0 Å². The van der Waals surface area contributed by atoms with Crippen molar-refractivity contribution in [2.75, 3.05) is 18.5 Å². The summed E-state index contributed by atoms with van der Waals surface area (Å²) in [7, 11) is 0. The Morgan fingerprint density at radius 2 is 1.72 bits per heavy atom. The Balaban J connectivity index is 1.73. The molecular formula is C19H20ClNO4. The summed E-state index contributed by atoms with van der Waals surface area (Å²) < 4.78 is 10.2. The van der Waals surface area contributed by atoms with E-state index in [0.29, 0.717) is 22.4 Å². The summed E-state index contributed by atoms with van der Waals surface area (Å²) in [6, 6.07) is 14.3. The molecule has 132 valence electrons. The topological polar surface area (TPSA) is 64.6 Å². The van der Waals surface area contributed by atoms with Gasteiger partial charge in [-0.05, 0) is 35.7 Å². The van der Waals surface area contributed by atoms with Gasteiger partial charge in [-0.15, -0.1) is 0 Å². The molecular weight excluding hydrogens is 342 g/mol. The molecule has 0 aliphatic carbocycles. The van der Waals surface area contributed by atoms with Crippen molar-refractivity contribution in [3.63, 3.8) is 0 Å². The molecule has 0 bridgehead atoms. The van der Waals surface area contributed by atoms with Crippen LogP contribution in [0.4, 0.5) is 5.69 Å². The number of carbonyl (C=O) groups is 2. The molecule has 2 aromatic carbocycles. The molecule has 0 aliphatic rings. The predicted molar refractivity (Wildman–Crippen MR) is 97.1 cm³/mol. The van der Waals surface area contributed by atoms with Gasteiger partial charge in [-0.1, -0.05) is 49.7 Å². The molecule has 1 N–H and O–H groups in total. The third-order valence-electron chi connectivity index (χ3n) is 3.42. The highest BCUT2D eigenvalue weighted by Gasteiger charge is 2.10. The van der Waals surface area contributed by atoms with Gasteiger partial charge in [0.25, 0.3) is 5.91 Å². The zero-order valence-corrected chi connectivity index (χ0v) is 14.9. The summed E-state index contributed by atoms with van der Waals surface area (Å²) >= 11 is 5.94. The minimum absolute atomic E-state index is 0.263. The summed E-state index contributed by atoms with van der Waals surface area (Å²) in [4.78, 5) is 23.4. The largest absolute Gasteiger partial charge is 0.482 e. The molecule has 0 saturated heterocycles. The molecule has 1 amide bonds. The van der Waals surface area contributed by atoms with E-state index in [-0.39, 0.29) is 6.61 Å². The van der Waals surface area contributed by atoms with Gasteiger partial charge in [-0.25, -0.2) is 4.79 Å². The van der Waals surface area contributed by atoms with Crippen molar-refractivity contribution in [2.45, 2.75) is 19.8 Å². The lowest BCUT2D eigenvalue weighted by Crippen LogP contribution is -2.23. The number of amides is 1. The standard InChI is InChI=1S/C19H20ClNO4/c1-13(2)14-7-9-15(10-8-14)24-12-19(23)25-11-18(22)21-17-6-4-3-5-16(17)20/h3-10,13H,11-12H2,1-2H3,(H,21,22). The second-order valence-electron chi connectivity index (χ2n) is 5.70. The lowest BCUT2D eigenvalue weighted by molar-refractivity contribution is -0.149. The van der Waals surface area contributed by atoms with Gasteiger partial charge in [0, 0.05) is 0 Å². The molecule has 0 spiro atoms. The lowest BCUT2D eigenvalue weighted by atomic mass is 10.0. The van der Waals surface area contributed by atoms with E-state index in [1.165, 1.54) is 5.56 Å². The number of carbonyl (C=O) groups excluding carboxylic acids is 2. The Morgan fingerprint density at radius 3 is 2.36 bits per heavy atom. The maximum Gasteiger partial charge on any atom is 0.344 e. The van der Waals surface area contributed by atoms with E-state index in [1.54, 1.807) is 36.4 Å². The van der Waals surface area contributed by atoms with Crippen LogP contribution in [0, 0.1) is 0 Å². The highest BCUT2D eigenvalue weighted by Crippen LogP contribution is 2.20. The molecule has 2 rings (SSSR count). The van der Waals surface area contributed by atoms with Gasteiger partial charge in [0.15, 0.2) is 13.2 Å². The minimum atomic E-state index is -0.623. The number of esters is 1. The number of hydrogen-bond acceptors (Lipinski definition) is 4. The average molecular weight is 362 g/mol. The third-order valence-corrected chi connectivity index (χ3v) is 3.75. The van der Waals surface area contributed by atoms with E-state index in [4.69, 9.17) is 21.1 Å². The molecule has 0 aromatic heterocycles. The highest BCUT2D eigenvalue weighted by atomic mass is 35.5. The van der Waals surface area contributed by atoms with E-state index in [0.717, 1.165) is 0 Å². The number of benzene rings is 2. The molecule has 5 nitrogen and oxygen atoms in total. The predicted octanol–water partition coefficient (Wildman–Crippen LogP) is 4.02. The number of rotatable bonds is 7. The number of hydrogen-bond donors (Lipinski definition) is 1. The number of anilines is 1. The first-order chi connectivity index (χ1) is 12.0. The van der Waals surface area contributed by atoms with Crippen LogP contribution >= 0.6 is 11.6 Å². The van der Waals surface area contributed by atoms with Crippen molar-refractivity contribution in [1.29, 1.82) is 0 Å². The number of halogens is 1. The first-order valence-corrected chi connectivity index (χ1v) is 8.26. The average Bonchev–Trinajstić information content (AvgIpc) is 2.60. The summed E-state index contributed by atoms with van der Waals surface area (Å²) in [6.45, 7) is 3.53. The molecule has 0 heterocycles. The van der Waals surface area contributed by atoms with Gasteiger partial charge in [0.05, 0.1) is 10.7 Å². The van der Waals surface area contributed by atoms with Crippen LogP contribution in [-0.2, 0) is 14.3 Å². The second kappa shape index (κ2) is 9.08. The molecule has 0 radical (unpaired) electrons. The molecule has 25 heavy (non-hydrogen) atoms. The van der Waals surface area contributed by atoms with Crippen molar-refractivity contribution in [3.8, 4) is 5.75 Å². The Bertz CT molecular complexity index is 728. The van der Waals surface area contributed by atoms with E-state index in [9.17, 15) is 9.59 Å². The molecule has 0 aliphatic heterocycles. The van der Waals surface area contributed by atoms with Gasteiger partial charge in [0.1, 0.15) is 5.75 Å². The van der Waals surface area contributed by atoms with Crippen molar-refractivity contribution in [2.24, 2.45) is 0 Å². The summed E-state index contributed by atoms with van der Waals surface area (Å²) in [5.41, 5.74) is 1.65. The van der Waals surface area contributed by atoms with Crippen LogP contribution in [0.25, 0.3) is 0 Å². The lowest BCUT2D eigenvalue weighted by Gasteiger charge is -2.10. The monoisotopic (exact) mass is 361 g/mol. The van der Waals surface area contributed by atoms with E-state index in [1.807, 2.05) is 12.1 Å². The fraction of sp³-hybridized carbons (Fsp3) is 0.263. The number of nitrogens with one attached hydrogen (secondary N) is 1. The van der Waals surface area contributed by atoms with E-state index in [2.05, 4.69) is 19.2 Å². The summed E-state index contributed by atoms with van der Waals surface area (Å²) in [5, 5.41) is 2.98. The molecule has 0 atom stereocenters. The van der Waals surface area contributed by atoms with Gasteiger partial charge in [-0.2, -0.15) is 0 Å². The zero-order valence-electron chi connectivity index (χ0n) is 14.1. The highest BCUT2D eigenvalue weighted by molar-refractivity contribution is 6.33. The number of ether oxygens (including phenoxy) is 2. The first-order valence-electron chi connectivity index (χ1n) is 7.88. The molecule has 2 aromatic rings. The Labute approximate surface area is 151 Å². The van der Waals surface area contributed by atoms with Crippen molar-refractivity contribution < 1.29 is 19.1 Å². The van der Waals surface area contributed by atoms with Crippen LogP contribution in [0.15, 0.2) is 48.5 Å². The Morgan fingerprint density at radius 1 is 1.04 bits per heavy atom. The fourth-order valence-corrected chi connectivity index (χ4v) is 2.21. The van der Waals surface area contributed by atoms with Crippen LogP contribution < -0.4 is 10.1 Å². The molecule has 0 saturated carbocycles. The molecule has 0 unspecified atom stereocenters. The summed E-state index contributed by atoms with van der Waals surface area (Å²) in [6.07, 6.45) is 0. The van der Waals surface area contributed by atoms with Gasteiger partial charge in [0.2, 0.25) is 0 Å².